The van der Waals surface area contributed by atoms with Crippen molar-refractivity contribution in [2.24, 2.45) is 5.73 Å². The van der Waals surface area contributed by atoms with Gasteiger partial charge in [0.2, 0.25) is 0 Å². The fraction of sp³-hybridized carbons (Fsp3) is 0.263. The Morgan fingerprint density at radius 2 is 1.46 bits per heavy atom. The molecule has 0 unspecified atom stereocenters. The number of amides is 2. The number of hydrogen-bond donors (Lipinski definition) is 3. The standard InChI is InChI=1S/C18H22N2O.CH2O2/c1-18(2,20-17(19)21)13-16(14-9-5-3-6-10-14)15-11-7-4-8-12-15;2-1-3/h3-12,16H,13H2,1-2H3,(H3,19,20,21);1H,(H,2,3). The Morgan fingerprint density at radius 3 is 1.79 bits per heavy atom. The molecule has 2 amide bonds. The SMILES string of the molecule is CC(C)(CC(c1ccccc1)c1ccccc1)NC(N)=O.O=CO. The second-order valence-electron chi connectivity index (χ2n) is 6.06. The number of hydrogen-bond acceptors (Lipinski definition) is 2. The van der Waals surface area contributed by atoms with Crippen molar-refractivity contribution < 1.29 is 14.7 Å². The lowest BCUT2D eigenvalue weighted by atomic mass is 9.81. The second kappa shape index (κ2) is 9.35. The zero-order valence-electron chi connectivity index (χ0n) is 14.0. The van der Waals surface area contributed by atoms with Gasteiger partial charge in [0.15, 0.2) is 0 Å². The minimum atomic E-state index is -0.486. The number of nitrogens with one attached hydrogen (secondary N) is 1. The van der Waals surface area contributed by atoms with Crippen molar-refractivity contribution in [2.45, 2.75) is 31.7 Å². The summed E-state index contributed by atoms with van der Waals surface area (Å²) in [7, 11) is 0. The van der Waals surface area contributed by atoms with Gasteiger partial charge < -0.3 is 16.2 Å². The first kappa shape index (κ1) is 19.2. The van der Waals surface area contributed by atoms with Gasteiger partial charge in [-0.1, -0.05) is 60.7 Å². The number of benzene rings is 2. The number of primary amides is 1. The van der Waals surface area contributed by atoms with Crippen LogP contribution in [0.25, 0.3) is 0 Å². The Labute approximate surface area is 142 Å². The van der Waals surface area contributed by atoms with Gasteiger partial charge in [-0.25, -0.2) is 4.79 Å². The fourth-order valence-electron chi connectivity index (χ4n) is 2.69. The molecule has 0 aliphatic carbocycles. The smallest absolute Gasteiger partial charge is 0.312 e. The van der Waals surface area contributed by atoms with Crippen molar-refractivity contribution in [1.29, 1.82) is 0 Å². The predicted octanol–water partition coefficient (Wildman–Crippen LogP) is 3.36. The minimum Gasteiger partial charge on any atom is -0.483 e. The molecule has 0 atom stereocenters. The van der Waals surface area contributed by atoms with Crippen LogP contribution in [0.4, 0.5) is 4.79 Å². The summed E-state index contributed by atoms with van der Waals surface area (Å²) in [5.41, 5.74) is 7.39. The van der Waals surface area contributed by atoms with Crippen LogP contribution in [-0.2, 0) is 4.79 Å². The van der Waals surface area contributed by atoms with Gasteiger partial charge in [0, 0.05) is 11.5 Å². The Hall–Kier alpha value is -2.82. The third kappa shape index (κ3) is 6.52. The molecule has 0 aromatic heterocycles. The number of nitrogens with two attached hydrogens (primary N) is 1. The Kier molecular flexibility index (Phi) is 7.49. The lowest BCUT2D eigenvalue weighted by Gasteiger charge is -2.30. The largest absolute Gasteiger partial charge is 0.483 e. The summed E-state index contributed by atoms with van der Waals surface area (Å²) in [5, 5.41) is 9.72. The van der Waals surface area contributed by atoms with Crippen LogP contribution >= 0.6 is 0 Å². The quantitative estimate of drug-likeness (QED) is 0.735. The summed E-state index contributed by atoms with van der Waals surface area (Å²) in [4.78, 5) is 19.5. The first-order chi connectivity index (χ1) is 11.4. The Morgan fingerprint density at radius 1 is 1.08 bits per heavy atom. The summed E-state index contributed by atoms with van der Waals surface area (Å²) >= 11 is 0. The summed E-state index contributed by atoms with van der Waals surface area (Å²) < 4.78 is 0. The molecule has 2 aromatic carbocycles. The molecule has 0 fully saturated rings. The number of rotatable bonds is 5. The van der Waals surface area contributed by atoms with E-state index in [2.05, 4.69) is 29.6 Å². The summed E-state index contributed by atoms with van der Waals surface area (Å²) in [6.45, 7) is 3.74. The second-order valence-corrected chi connectivity index (χ2v) is 6.06. The van der Waals surface area contributed by atoms with Crippen LogP contribution < -0.4 is 11.1 Å². The zero-order valence-corrected chi connectivity index (χ0v) is 14.0. The third-order valence-electron chi connectivity index (χ3n) is 3.58. The molecule has 0 bridgehead atoms. The van der Waals surface area contributed by atoms with Gasteiger partial charge in [-0.15, -0.1) is 0 Å². The predicted molar refractivity (Wildman–Crippen MR) is 94.8 cm³/mol. The van der Waals surface area contributed by atoms with E-state index in [1.165, 1.54) is 11.1 Å². The van der Waals surface area contributed by atoms with E-state index in [1.807, 2.05) is 50.2 Å². The lowest BCUT2D eigenvalue weighted by molar-refractivity contribution is -0.122. The number of carbonyl (C=O) groups excluding carboxylic acids is 1. The Balaban J connectivity index is 0.000000891. The van der Waals surface area contributed by atoms with Crippen LogP contribution in [0.5, 0.6) is 0 Å². The van der Waals surface area contributed by atoms with Crippen LogP contribution in [0.2, 0.25) is 0 Å². The summed E-state index contributed by atoms with van der Waals surface area (Å²) in [6, 6.07) is 20.2. The van der Waals surface area contributed by atoms with Crippen molar-refractivity contribution in [1.82, 2.24) is 5.32 Å². The molecule has 5 heteroatoms. The molecule has 0 spiro atoms. The van der Waals surface area contributed by atoms with E-state index in [0.717, 1.165) is 6.42 Å². The molecule has 2 aromatic rings. The van der Waals surface area contributed by atoms with E-state index in [1.54, 1.807) is 0 Å². The first-order valence-electron chi connectivity index (χ1n) is 7.65. The maximum atomic E-state index is 11.2. The maximum Gasteiger partial charge on any atom is 0.312 e. The Bertz CT molecular complexity index is 588. The van der Waals surface area contributed by atoms with Gasteiger partial charge >= 0.3 is 6.03 Å². The number of urea groups is 1. The molecule has 0 aliphatic heterocycles. The van der Waals surface area contributed by atoms with Gasteiger partial charge in [0.25, 0.3) is 6.47 Å². The molecule has 0 heterocycles. The first-order valence-corrected chi connectivity index (χ1v) is 7.65. The molecule has 4 N–H and O–H groups in total. The van der Waals surface area contributed by atoms with Crippen molar-refractivity contribution in [3.63, 3.8) is 0 Å². The van der Waals surface area contributed by atoms with Crippen molar-refractivity contribution >= 4 is 12.5 Å². The van der Waals surface area contributed by atoms with Gasteiger partial charge in [-0.3, -0.25) is 4.79 Å². The van der Waals surface area contributed by atoms with E-state index in [9.17, 15) is 4.79 Å². The normalized spacial score (nSPS) is 10.5. The van der Waals surface area contributed by atoms with E-state index in [0.29, 0.717) is 0 Å². The molecule has 0 aliphatic rings. The maximum absolute atomic E-state index is 11.2. The van der Waals surface area contributed by atoms with Crippen LogP contribution in [0.1, 0.15) is 37.3 Å². The molecule has 0 saturated heterocycles. The van der Waals surface area contributed by atoms with Gasteiger partial charge in [-0.05, 0) is 31.4 Å². The molecule has 0 radical (unpaired) electrons. The molecule has 2 rings (SSSR count). The monoisotopic (exact) mass is 328 g/mol. The van der Waals surface area contributed by atoms with E-state index < -0.39 is 6.03 Å². The average molecular weight is 328 g/mol. The van der Waals surface area contributed by atoms with Crippen molar-refractivity contribution in [3.8, 4) is 0 Å². The van der Waals surface area contributed by atoms with Crippen LogP contribution in [0.3, 0.4) is 0 Å². The lowest BCUT2D eigenvalue weighted by Crippen LogP contribution is -2.47. The summed E-state index contributed by atoms with van der Waals surface area (Å²) in [5.74, 6) is 0.217. The molecular formula is C19H24N2O3. The van der Waals surface area contributed by atoms with E-state index in [4.69, 9.17) is 15.6 Å². The number of carbonyl (C=O) groups is 2. The molecule has 24 heavy (non-hydrogen) atoms. The highest BCUT2D eigenvalue weighted by molar-refractivity contribution is 5.72. The molecule has 5 nitrogen and oxygen atoms in total. The average Bonchev–Trinajstić information content (AvgIpc) is 2.54. The van der Waals surface area contributed by atoms with Gasteiger partial charge in [-0.2, -0.15) is 0 Å². The molecule has 128 valence electrons. The highest BCUT2D eigenvalue weighted by Gasteiger charge is 2.26. The van der Waals surface area contributed by atoms with Gasteiger partial charge in [0.1, 0.15) is 0 Å². The van der Waals surface area contributed by atoms with E-state index >= 15 is 0 Å². The highest BCUT2D eigenvalue weighted by Crippen LogP contribution is 2.32. The zero-order chi connectivity index (χ0) is 18.0. The van der Waals surface area contributed by atoms with Crippen LogP contribution in [-0.4, -0.2) is 23.1 Å². The summed E-state index contributed by atoms with van der Waals surface area (Å²) in [6.07, 6.45) is 0.782. The third-order valence-corrected chi connectivity index (χ3v) is 3.58. The molecule has 0 saturated carbocycles. The number of carboxylic acid groups (broad SMARTS) is 1. The van der Waals surface area contributed by atoms with Crippen LogP contribution in [0, 0.1) is 0 Å². The fourth-order valence-corrected chi connectivity index (χ4v) is 2.69. The van der Waals surface area contributed by atoms with Crippen molar-refractivity contribution in [2.75, 3.05) is 0 Å². The topological polar surface area (TPSA) is 92.4 Å². The van der Waals surface area contributed by atoms with Crippen molar-refractivity contribution in [3.05, 3.63) is 71.8 Å². The van der Waals surface area contributed by atoms with E-state index in [-0.39, 0.29) is 17.9 Å². The minimum absolute atomic E-state index is 0.217. The van der Waals surface area contributed by atoms with Crippen LogP contribution in [0.15, 0.2) is 60.7 Å². The highest BCUT2D eigenvalue weighted by atomic mass is 16.3. The molecular weight excluding hydrogens is 304 g/mol. The van der Waals surface area contributed by atoms with Gasteiger partial charge in [0.05, 0.1) is 0 Å².